The van der Waals surface area contributed by atoms with E-state index in [1.165, 1.54) is 22.8 Å². The van der Waals surface area contributed by atoms with E-state index in [9.17, 15) is 18.4 Å². The van der Waals surface area contributed by atoms with Gasteiger partial charge in [-0.25, -0.2) is 8.78 Å². The van der Waals surface area contributed by atoms with E-state index in [2.05, 4.69) is 15.4 Å². The van der Waals surface area contributed by atoms with Crippen molar-refractivity contribution in [3.63, 3.8) is 0 Å². The Morgan fingerprint density at radius 2 is 2.31 bits per heavy atom. The largest absolute Gasteiger partial charge is 0.492 e. The number of likely N-dealkylation sites (tertiary alicyclic amines) is 1. The van der Waals surface area contributed by atoms with Crippen LogP contribution in [0.2, 0.25) is 0 Å². The molecule has 2 aliphatic rings. The van der Waals surface area contributed by atoms with Gasteiger partial charge < -0.3 is 15.0 Å². The van der Waals surface area contributed by atoms with Crippen LogP contribution in [0.25, 0.3) is 0 Å². The summed E-state index contributed by atoms with van der Waals surface area (Å²) >= 11 is 0. The number of hydrogen-bond acceptors (Lipinski definition) is 5. The second kappa shape index (κ2) is 7.41. The van der Waals surface area contributed by atoms with Crippen LogP contribution in [0.15, 0.2) is 30.7 Å². The number of nitrogens with zero attached hydrogens (tertiary/aromatic N) is 4. The van der Waals surface area contributed by atoms with Gasteiger partial charge in [0.15, 0.2) is 0 Å². The van der Waals surface area contributed by atoms with Crippen LogP contribution in [0, 0.1) is 11.3 Å². The summed E-state index contributed by atoms with van der Waals surface area (Å²) in [7, 11) is 1.49. The number of nitrogens with one attached hydrogen (secondary N) is 1. The van der Waals surface area contributed by atoms with E-state index in [1.54, 1.807) is 24.5 Å². The lowest BCUT2D eigenvalue weighted by atomic mass is 9.77. The molecule has 2 aromatic rings. The number of ether oxygens (including phenoxy) is 1. The SMILES string of the molecule is Cn1cc(C(=O)N2CC[C@]3(C2)C(=O)NC[C@H]3COc2cccnc2)c(C(F)F)n1. The van der Waals surface area contributed by atoms with Gasteiger partial charge in [0.25, 0.3) is 12.3 Å². The van der Waals surface area contributed by atoms with Crippen molar-refractivity contribution >= 4 is 11.8 Å². The van der Waals surface area contributed by atoms with Crippen molar-refractivity contribution in [1.29, 1.82) is 0 Å². The number of carbonyl (C=O) groups excluding carboxylic acids is 2. The molecule has 4 heterocycles. The number of pyridine rings is 1. The van der Waals surface area contributed by atoms with Crippen LogP contribution >= 0.6 is 0 Å². The maximum Gasteiger partial charge on any atom is 0.282 e. The van der Waals surface area contributed by atoms with Crippen molar-refractivity contribution in [1.82, 2.24) is 25.0 Å². The zero-order chi connectivity index (χ0) is 20.6. The number of halogens is 2. The first kappa shape index (κ1) is 19.3. The van der Waals surface area contributed by atoms with Gasteiger partial charge in [0.05, 0.1) is 23.8 Å². The Kier molecular flexibility index (Phi) is 4.93. The summed E-state index contributed by atoms with van der Waals surface area (Å²) in [5.41, 5.74) is -1.45. The third kappa shape index (κ3) is 3.43. The van der Waals surface area contributed by atoms with E-state index >= 15 is 0 Å². The lowest BCUT2D eigenvalue weighted by molar-refractivity contribution is -0.128. The van der Waals surface area contributed by atoms with E-state index in [1.807, 2.05) is 0 Å². The summed E-state index contributed by atoms with van der Waals surface area (Å²) in [5, 5.41) is 6.56. The van der Waals surface area contributed by atoms with Crippen LogP contribution in [-0.4, -0.2) is 57.7 Å². The Labute approximate surface area is 165 Å². The molecular formula is C19H21F2N5O3. The summed E-state index contributed by atoms with van der Waals surface area (Å²) in [6.07, 6.45) is 2.14. The molecule has 1 spiro atoms. The fourth-order valence-corrected chi connectivity index (χ4v) is 4.15. The second-order valence-electron chi connectivity index (χ2n) is 7.44. The van der Waals surface area contributed by atoms with Crippen LogP contribution in [0.5, 0.6) is 5.75 Å². The van der Waals surface area contributed by atoms with Crippen LogP contribution < -0.4 is 10.1 Å². The van der Waals surface area contributed by atoms with Crippen LogP contribution in [0.3, 0.4) is 0 Å². The maximum atomic E-state index is 13.2. The molecule has 2 saturated heterocycles. The minimum atomic E-state index is -2.85. The summed E-state index contributed by atoms with van der Waals surface area (Å²) in [6, 6.07) is 3.54. The average molecular weight is 405 g/mol. The Balaban J connectivity index is 1.50. The number of aryl methyl sites for hydroxylation is 1. The standard InChI is InChI=1S/C19H21F2N5O3/c1-25-9-14(15(24-25)16(20)21)17(27)26-6-4-19(11-26)12(7-23-18(19)28)10-29-13-3-2-5-22-8-13/h2-3,5,8-9,12,16H,4,6-7,10-11H2,1H3,(H,23,28)/t12-,19+/m0/s1. The lowest BCUT2D eigenvalue weighted by Gasteiger charge is -2.28. The minimum absolute atomic E-state index is 0.124. The molecule has 1 N–H and O–H groups in total. The Morgan fingerprint density at radius 1 is 1.48 bits per heavy atom. The highest BCUT2D eigenvalue weighted by molar-refractivity contribution is 5.96. The lowest BCUT2D eigenvalue weighted by Crippen LogP contribution is -2.41. The van der Waals surface area contributed by atoms with Crippen molar-refractivity contribution in [3.05, 3.63) is 42.0 Å². The summed E-state index contributed by atoms with van der Waals surface area (Å²) < 4.78 is 33.5. The predicted molar refractivity (Wildman–Crippen MR) is 97.4 cm³/mol. The van der Waals surface area contributed by atoms with Gasteiger partial charge in [-0.1, -0.05) is 0 Å². The van der Waals surface area contributed by atoms with Gasteiger partial charge in [0, 0.05) is 45.0 Å². The number of aromatic nitrogens is 3. The third-order valence-electron chi connectivity index (χ3n) is 5.71. The van der Waals surface area contributed by atoms with Crippen LogP contribution in [0.4, 0.5) is 8.78 Å². The number of carbonyl (C=O) groups is 2. The van der Waals surface area contributed by atoms with E-state index in [4.69, 9.17) is 4.74 Å². The van der Waals surface area contributed by atoms with Gasteiger partial charge >= 0.3 is 0 Å². The molecular weight excluding hydrogens is 384 g/mol. The molecule has 29 heavy (non-hydrogen) atoms. The second-order valence-corrected chi connectivity index (χ2v) is 7.44. The van der Waals surface area contributed by atoms with Gasteiger partial charge in [0.2, 0.25) is 5.91 Å². The highest BCUT2D eigenvalue weighted by Crippen LogP contribution is 2.42. The Hall–Kier alpha value is -3.04. The molecule has 0 aromatic carbocycles. The van der Waals surface area contributed by atoms with Gasteiger partial charge in [-0.2, -0.15) is 5.10 Å². The van der Waals surface area contributed by atoms with Crippen molar-refractivity contribution in [2.45, 2.75) is 12.8 Å². The molecule has 2 amide bonds. The Morgan fingerprint density at radius 3 is 3.03 bits per heavy atom. The molecule has 0 bridgehead atoms. The molecule has 0 aliphatic carbocycles. The normalized spacial score (nSPS) is 23.8. The van der Waals surface area contributed by atoms with Crippen LogP contribution in [-0.2, 0) is 11.8 Å². The molecule has 10 heteroatoms. The first-order valence-electron chi connectivity index (χ1n) is 9.33. The molecule has 0 radical (unpaired) electrons. The zero-order valence-electron chi connectivity index (χ0n) is 15.8. The molecule has 4 rings (SSSR count). The van der Waals surface area contributed by atoms with Crippen molar-refractivity contribution in [2.75, 3.05) is 26.2 Å². The first-order valence-corrected chi connectivity index (χ1v) is 9.33. The first-order chi connectivity index (χ1) is 13.9. The molecule has 154 valence electrons. The monoisotopic (exact) mass is 405 g/mol. The third-order valence-corrected chi connectivity index (χ3v) is 5.71. The van der Waals surface area contributed by atoms with Gasteiger partial charge in [-0.05, 0) is 18.6 Å². The zero-order valence-corrected chi connectivity index (χ0v) is 15.8. The number of amides is 2. The maximum absolute atomic E-state index is 13.2. The fraction of sp³-hybridized carbons (Fsp3) is 0.474. The molecule has 2 atom stereocenters. The summed E-state index contributed by atoms with van der Waals surface area (Å²) in [5.74, 6) is -0.203. The fourth-order valence-electron chi connectivity index (χ4n) is 4.15. The number of alkyl halides is 2. The van der Waals surface area contributed by atoms with Gasteiger partial charge in [0.1, 0.15) is 11.4 Å². The van der Waals surface area contributed by atoms with E-state index in [0.29, 0.717) is 31.9 Å². The number of rotatable bonds is 5. The number of hydrogen-bond donors (Lipinski definition) is 1. The highest BCUT2D eigenvalue weighted by atomic mass is 19.3. The minimum Gasteiger partial charge on any atom is -0.492 e. The summed E-state index contributed by atoms with van der Waals surface area (Å²) in [6.45, 7) is 1.21. The highest BCUT2D eigenvalue weighted by Gasteiger charge is 2.55. The molecule has 8 nitrogen and oxygen atoms in total. The van der Waals surface area contributed by atoms with Crippen molar-refractivity contribution < 1.29 is 23.1 Å². The molecule has 2 fully saturated rings. The molecule has 0 unspecified atom stereocenters. The van der Waals surface area contributed by atoms with Gasteiger partial charge in [-0.15, -0.1) is 0 Å². The predicted octanol–water partition coefficient (Wildman–Crippen LogP) is 1.41. The van der Waals surface area contributed by atoms with Crippen molar-refractivity contribution in [3.8, 4) is 5.75 Å². The smallest absolute Gasteiger partial charge is 0.282 e. The van der Waals surface area contributed by atoms with Gasteiger partial charge in [-0.3, -0.25) is 19.3 Å². The average Bonchev–Trinajstić information content (AvgIpc) is 3.40. The quantitative estimate of drug-likeness (QED) is 0.813. The topological polar surface area (TPSA) is 89.4 Å². The molecule has 2 aromatic heterocycles. The van der Waals surface area contributed by atoms with E-state index in [-0.39, 0.29) is 23.9 Å². The van der Waals surface area contributed by atoms with E-state index in [0.717, 1.165) is 0 Å². The molecule has 2 aliphatic heterocycles. The molecule has 0 saturated carbocycles. The van der Waals surface area contributed by atoms with E-state index < -0.39 is 23.4 Å². The Bertz CT molecular complexity index is 920. The van der Waals surface area contributed by atoms with Crippen LogP contribution in [0.1, 0.15) is 28.9 Å². The summed E-state index contributed by atoms with van der Waals surface area (Å²) in [4.78, 5) is 31.0. The van der Waals surface area contributed by atoms with Crippen molar-refractivity contribution in [2.24, 2.45) is 18.4 Å².